The number of nitrogens with one attached hydrogen (secondary N) is 1. The van der Waals surface area contributed by atoms with Gasteiger partial charge < -0.3 is 4.74 Å². The van der Waals surface area contributed by atoms with Crippen molar-refractivity contribution in [2.45, 2.75) is 68.3 Å². The lowest BCUT2D eigenvalue weighted by molar-refractivity contribution is 0.284. The van der Waals surface area contributed by atoms with Crippen LogP contribution in [-0.2, 0) is 29.3 Å². The van der Waals surface area contributed by atoms with E-state index in [2.05, 4.69) is 9.82 Å². The highest BCUT2D eigenvalue weighted by Gasteiger charge is 2.29. The van der Waals surface area contributed by atoms with Crippen LogP contribution >= 0.6 is 0 Å². The monoisotopic (exact) mass is 415 g/mol. The van der Waals surface area contributed by atoms with Crippen molar-refractivity contribution in [3.05, 3.63) is 51.4 Å². The summed E-state index contributed by atoms with van der Waals surface area (Å²) in [6.07, 6.45) is 6.58. The smallest absolute Gasteiger partial charge is 0.267 e. The predicted octanol–water partition coefficient (Wildman–Crippen LogP) is 2.13. The van der Waals surface area contributed by atoms with E-state index in [9.17, 15) is 13.2 Å². The Hall–Kier alpha value is -2.19. The molecule has 1 N–H and O–H groups in total. The van der Waals surface area contributed by atoms with Crippen LogP contribution in [0, 0.1) is 0 Å². The van der Waals surface area contributed by atoms with Crippen molar-refractivity contribution in [2.75, 3.05) is 6.61 Å². The summed E-state index contributed by atoms with van der Waals surface area (Å²) < 4.78 is 35.6. The van der Waals surface area contributed by atoms with E-state index in [-0.39, 0.29) is 17.6 Å². The van der Waals surface area contributed by atoms with Crippen molar-refractivity contribution < 1.29 is 13.2 Å². The molecule has 1 aliphatic heterocycles. The molecule has 2 aromatic rings. The fraction of sp³-hybridized carbons (Fsp3) is 0.524. The molecule has 1 saturated carbocycles. The zero-order valence-corrected chi connectivity index (χ0v) is 17.1. The lowest BCUT2D eigenvalue weighted by atomic mass is 9.92. The van der Waals surface area contributed by atoms with Gasteiger partial charge >= 0.3 is 0 Å². The van der Waals surface area contributed by atoms with Crippen molar-refractivity contribution in [2.24, 2.45) is 0 Å². The first-order valence-corrected chi connectivity index (χ1v) is 11.9. The molecule has 0 unspecified atom stereocenters. The minimum Gasteiger partial charge on any atom is -0.493 e. The molecular weight excluding hydrogens is 390 g/mol. The van der Waals surface area contributed by atoms with E-state index in [4.69, 9.17) is 4.74 Å². The Bertz CT molecular complexity index is 1100. The van der Waals surface area contributed by atoms with Gasteiger partial charge in [0, 0.05) is 18.5 Å². The Morgan fingerprint density at radius 1 is 1.03 bits per heavy atom. The normalized spacial score (nSPS) is 23.4. The first kappa shape index (κ1) is 18.8. The number of hydrogen-bond donors (Lipinski definition) is 1. The molecule has 1 fully saturated rings. The summed E-state index contributed by atoms with van der Waals surface area (Å²) in [6, 6.07) is 6.72. The largest absolute Gasteiger partial charge is 0.493 e. The number of ether oxygens (including phenoxy) is 1. The van der Waals surface area contributed by atoms with Crippen LogP contribution in [0.5, 0.6) is 5.75 Å². The molecule has 8 heteroatoms. The van der Waals surface area contributed by atoms with Gasteiger partial charge in [-0.3, -0.25) is 4.79 Å². The van der Waals surface area contributed by atoms with Crippen molar-refractivity contribution in [1.82, 2.24) is 14.5 Å². The second-order valence-corrected chi connectivity index (χ2v) is 9.96. The molecule has 2 aliphatic carbocycles. The van der Waals surface area contributed by atoms with Gasteiger partial charge in [-0.05, 0) is 74.3 Å². The number of aryl methyl sites for hydroxylation is 2. The minimum absolute atomic E-state index is 0.0324. The summed E-state index contributed by atoms with van der Waals surface area (Å²) in [7, 11) is -3.57. The third-order valence-electron chi connectivity index (χ3n) is 6.32. The lowest BCUT2D eigenvalue weighted by Gasteiger charge is -2.29. The summed E-state index contributed by atoms with van der Waals surface area (Å²) in [5.74, 6) is 0.775. The molecule has 0 saturated heterocycles. The van der Waals surface area contributed by atoms with Crippen molar-refractivity contribution in [1.29, 1.82) is 0 Å². The summed E-state index contributed by atoms with van der Waals surface area (Å²) in [6.45, 7) is 0.604. The summed E-state index contributed by atoms with van der Waals surface area (Å²) in [5.41, 5.74) is 3.05. The SMILES string of the molecule is O=c1cc2c(nn1C1CCC(NS(=O)(=O)c3ccc4c(c3)CCO4)CC1)CCC2. The topological polar surface area (TPSA) is 90.3 Å². The van der Waals surface area contributed by atoms with Crippen LogP contribution in [0.25, 0.3) is 0 Å². The van der Waals surface area contributed by atoms with E-state index >= 15 is 0 Å². The molecule has 29 heavy (non-hydrogen) atoms. The van der Waals surface area contributed by atoms with Crippen LogP contribution < -0.4 is 15.0 Å². The Labute approximate surface area is 170 Å². The lowest BCUT2D eigenvalue weighted by Crippen LogP contribution is -2.39. The van der Waals surface area contributed by atoms with Gasteiger partial charge in [-0.2, -0.15) is 5.10 Å². The Morgan fingerprint density at radius 2 is 1.86 bits per heavy atom. The number of fused-ring (bicyclic) bond motifs is 2. The van der Waals surface area contributed by atoms with Gasteiger partial charge in [0.1, 0.15) is 5.75 Å². The van der Waals surface area contributed by atoms with Gasteiger partial charge in [-0.15, -0.1) is 0 Å². The van der Waals surface area contributed by atoms with Crippen LogP contribution in [0.3, 0.4) is 0 Å². The molecule has 0 atom stereocenters. The Kier molecular flexibility index (Phi) is 4.70. The quantitative estimate of drug-likeness (QED) is 0.826. The molecule has 7 nitrogen and oxygen atoms in total. The average Bonchev–Trinajstić information content (AvgIpc) is 3.35. The van der Waals surface area contributed by atoms with E-state index in [0.717, 1.165) is 61.1 Å². The first-order chi connectivity index (χ1) is 14.0. The minimum atomic E-state index is -3.57. The third kappa shape index (κ3) is 3.59. The van der Waals surface area contributed by atoms with E-state index in [1.54, 1.807) is 28.9 Å². The second-order valence-electron chi connectivity index (χ2n) is 8.25. The zero-order chi connectivity index (χ0) is 20.0. The van der Waals surface area contributed by atoms with E-state index in [0.29, 0.717) is 24.3 Å². The van der Waals surface area contributed by atoms with Gasteiger partial charge in [0.15, 0.2) is 0 Å². The zero-order valence-electron chi connectivity index (χ0n) is 16.3. The van der Waals surface area contributed by atoms with Gasteiger partial charge in [0.2, 0.25) is 10.0 Å². The van der Waals surface area contributed by atoms with Crippen molar-refractivity contribution in [3.8, 4) is 5.75 Å². The van der Waals surface area contributed by atoms with Gasteiger partial charge in [-0.25, -0.2) is 17.8 Å². The van der Waals surface area contributed by atoms with Gasteiger partial charge in [0.25, 0.3) is 5.56 Å². The number of sulfonamides is 1. The third-order valence-corrected chi connectivity index (χ3v) is 7.84. The van der Waals surface area contributed by atoms with E-state index < -0.39 is 10.0 Å². The molecule has 5 rings (SSSR count). The summed E-state index contributed by atoms with van der Waals surface area (Å²) in [5, 5.41) is 4.61. The fourth-order valence-electron chi connectivity index (χ4n) is 4.73. The highest BCUT2D eigenvalue weighted by molar-refractivity contribution is 7.89. The number of aromatic nitrogens is 2. The highest BCUT2D eigenvalue weighted by atomic mass is 32.2. The number of rotatable bonds is 4. The molecular formula is C21H25N3O4S. The summed E-state index contributed by atoms with van der Waals surface area (Å²) in [4.78, 5) is 12.7. The Morgan fingerprint density at radius 3 is 2.69 bits per heavy atom. The average molecular weight is 416 g/mol. The van der Waals surface area contributed by atoms with Crippen LogP contribution in [0.1, 0.15) is 55.0 Å². The molecule has 1 aromatic heterocycles. The molecule has 0 amide bonds. The second kappa shape index (κ2) is 7.25. The predicted molar refractivity (Wildman–Crippen MR) is 108 cm³/mol. The van der Waals surface area contributed by atoms with E-state index in [1.807, 2.05) is 0 Å². The molecule has 0 bridgehead atoms. The standard InChI is InChI=1S/C21H25N3O4S/c25-21-13-14-2-1-3-19(14)22-24(21)17-6-4-16(5-7-17)23-29(26,27)18-8-9-20-15(12-18)10-11-28-20/h8-9,12-13,16-17,23H,1-7,10-11H2. The fourth-order valence-corrected chi connectivity index (χ4v) is 6.09. The molecule has 0 spiro atoms. The van der Waals surface area contributed by atoms with Crippen LogP contribution in [0.15, 0.2) is 34.0 Å². The number of benzene rings is 1. The maximum Gasteiger partial charge on any atom is 0.267 e. The van der Waals surface area contributed by atoms with Crippen LogP contribution in [-0.4, -0.2) is 30.8 Å². The maximum atomic E-state index is 12.8. The molecule has 154 valence electrons. The number of hydrogen-bond acceptors (Lipinski definition) is 5. The van der Waals surface area contributed by atoms with Crippen LogP contribution in [0.2, 0.25) is 0 Å². The summed E-state index contributed by atoms with van der Waals surface area (Å²) >= 11 is 0. The van der Waals surface area contributed by atoms with Gasteiger partial charge in [0.05, 0.1) is 23.2 Å². The first-order valence-electron chi connectivity index (χ1n) is 10.4. The highest BCUT2D eigenvalue weighted by Crippen LogP contribution is 2.30. The molecule has 0 radical (unpaired) electrons. The van der Waals surface area contributed by atoms with E-state index in [1.165, 1.54) is 0 Å². The van der Waals surface area contributed by atoms with Crippen molar-refractivity contribution in [3.63, 3.8) is 0 Å². The van der Waals surface area contributed by atoms with Crippen molar-refractivity contribution >= 4 is 10.0 Å². The molecule has 1 aromatic carbocycles. The maximum absolute atomic E-state index is 12.8. The molecule has 3 aliphatic rings. The molecule has 2 heterocycles. The Balaban J connectivity index is 1.26. The van der Waals surface area contributed by atoms with Crippen LogP contribution in [0.4, 0.5) is 0 Å². The van der Waals surface area contributed by atoms with Gasteiger partial charge in [-0.1, -0.05) is 0 Å². The number of nitrogens with zero attached hydrogens (tertiary/aromatic N) is 2.